The smallest absolute Gasteiger partial charge is 0.307 e. The molecule has 0 radical (unpaired) electrons. The van der Waals surface area contributed by atoms with Gasteiger partial charge in [0.25, 0.3) is 0 Å². The summed E-state index contributed by atoms with van der Waals surface area (Å²) in [6, 6.07) is 21.5. The molecular formula is C26H25FN4O2. The van der Waals surface area contributed by atoms with Crippen molar-refractivity contribution in [1.29, 1.82) is 5.26 Å². The van der Waals surface area contributed by atoms with E-state index in [1.165, 1.54) is 12.1 Å². The molecular weight excluding hydrogens is 419 g/mol. The first-order chi connectivity index (χ1) is 16.0. The Labute approximate surface area is 192 Å². The number of carbonyl (C=O) groups is 1. The van der Waals surface area contributed by atoms with Crippen molar-refractivity contribution in [2.75, 3.05) is 23.7 Å². The van der Waals surface area contributed by atoms with Crippen molar-refractivity contribution in [1.82, 2.24) is 5.32 Å². The number of rotatable bonds is 8. The molecule has 168 valence electrons. The molecule has 33 heavy (non-hydrogen) atoms. The van der Waals surface area contributed by atoms with E-state index in [0.29, 0.717) is 25.1 Å². The molecule has 6 nitrogen and oxygen atoms in total. The number of benzene rings is 3. The third-order valence-corrected chi connectivity index (χ3v) is 5.76. The van der Waals surface area contributed by atoms with Gasteiger partial charge in [0.15, 0.2) is 0 Å². The maximum atomic E-state index is 14.0. The summed E-state index contributed by atoms with van der Waals surface area (Å²) in [5.41, 5.74) is 4.79. The molecule has 3 aromatic rings. The van der Waals surface area contributed by atoms with Crippen LogP contribution in [-0.2, 0) is 17.6 Å². The molecule has 0 aliphatic carbocycles. The van der Waals surface area contributed by atoms with Crippen LogP contribution in [0.1, 0.15) is 28.3 Å². The van der Waals surface area contributed by atoms with E-state index in [0.717, 1.165) is 28.1 Å². The van der Waals surface area contributed by atoms with Gasteiger partial charge in [0.1, 0.15) is 11.9 Å². The number of hydrogen-bond acceptors (Lipinski definition) is 5. The van der Waals surface area contributed by atoms with Crippen LogP contribution in [0.25, 0.3) is 0 Å². The molecule has 1 aliphatic heterocycles. The first kappa shape index (κ1) is 22.3. The monoisotopic (exact) mass is 444 g/mol. The van der Waals surface area contributed by atoms with E-state index in [2.05, 4.69) is 22.0 Å². The molecule has 0 unspecified atom stereocenters. The van der Waals surface area contributed by atoms with Crippen LogP contribution in [-0.4, -0.2) is 30.2 Å². The van der Waals surface area contributed by atoms with Gasteiger partial charge in [-0.2, -0.15) is 5.26 Å². The summed E-state index contributed by atoms with van der Waals surface area (Å²) >= 11 is 0. The fourth-order valence-electron chi connectivity index (χ4n) is 4.24. The molecule has 3 aromatic carbocycles. The second-order valence-corrected chi connectivity index (χ2v) is 8.10. The number of aliphatic carboxylic acids is 1. The Morgan fingerprint density at radius 3 is 2.73 bits per heavy atom. The molecule has 0 aromatic heterocycles. The number of halogens is 1. The van der Waals surface area contributed by atoms with E-state index >= 15 is 0 Å². The van der Waals surface area contributed by atoms with Crippen LogP contribution >= 0.6 is 0 Å². The summed E-state index contributed by atoms with van der Waals surface area (Å²) in [7, 11) is 0. The van der Waals surface area contributed by atoms with Gasteiger partial charge < -0.3 is 21.1 Å². The number of nitrogens with one attached hydrogen (secondary N) is 3. The predicted molar refractivity (Wildman–Crippen MR) is 126 cm³/mol. The number of carboxylic acid groups (broad SMARTS) is 1. The summed E-state index contributed by atoms with van der Waals surface area (Å²) in [5.74, 6) is -1.16. The van der Waals surface area contributed by atoms with Crippen LogP contribution < -0.4 is 16.0 Å². The van der Waals surface area contributed by atoms with Crippen LogP contribution in [0.15, 0.2) is 66.7 Å². The van der Waals surface area contributed by atoms with Crippen LogP contribution in [0.4, 0.5) is 15.8 Å². The molecule has 0 bridgehead atoms. The molecule has 0 fully saturated rings. The molecule has 1 heterocycles. The molecule has 4 rings (SSSR count). The maximum Gasteiger partial charge on any atom is 0.307 e. The molecule has 0 saturated carbocycles. The van der Waals surface area contributed by atoms with Crippen molar-refractivity contribution < 1.29 is 14.3 Å². The van der Waals surface area contributed by atoms with Crippen LogP contribution in [0.5, 0.6) is 0 Å². The van der Waals surface area contributed by atoms with Crippen molar-refractivity contribution >= 4 is 17.3 Å². The van der Waals surface area contributed by atoms with Gasteiger partial charge in [-0.15, -0.1) is 0 Å². The zero-order valence-electron chi connectivity index (χ0n) is 18.0. The minimum absolute atomic E-state index is 0.00845. The molecule has 2 atom stereocenters. The number of anilines is 2. The lowest BCUT2D eigenvalue weighted by atomic mass is 9.95. The summed E-state index contributed by atoms with van der Waals surface area (Å²) in [4.78, 5) is 11.0. The highest BCUT2D eigenvalue weighted by molar-refractivity contribution is 5.77. The Hall–Kier alpha value is -3.89. The molecule has 4 N–H and O–H groups in total. The minimum Gasteiger partial charge on any atom is -0.481 e. The average Bonchev–Trinajstić information content (AvgIpc) is 2.81. The van der Waals surface area contributed by atoms with E-state index < -0.39 is 5.97 Å². The lowest BCUT2D eigenvalue weighted by Crippen LogP contribution is -2.44. The van der Waals surface area contributed by atoms with E-state index in [1.54, 1.807) is 12.1 Å². The Morgan fingerprint density at radius 2 is 1.94 bits per heavy atom. The summed E-state index contributed by atoms with van der Waals surface area (Å²) < 4.78 is 14.0. The number of nitriles is 1. The van der Waals surface area contributed by atoms with E-state index in [4.69, 9.17) is 5.11 Å². The lowest BCUT2D eigenvalue weighted by molar-refractivity contribution is -0.136. The summed E-state index contributed by atoms with van der Waals surface area (Å²) in [6.07, 6.45) is 0.685. The third-order valence-electron chi connectivity index (χ3n) is 5.76. The Balaban J connectivity index is 1.52. The van der Waals surface area contributed by atoms with Crippen LogP contribution in [0.3, 0.4) is 0 Å². The van der Waals surface area contributed by atoms with Crippen molar-refractivity contribution in [2.45, 2.75) is 24.9 Å². The van der Waals surface area contributed by atoms with Crippen molar-refractivity contribution in [3.63, 3.8) is 0 Å². The largest absolute Gasteiger partial charge is 0.481 e. The Kier molecular flexibility index (Phi) is 6.86. The fraction of sp³-hybridized carbons (Fsp3) is 0.231. The van der Waals surface area contributed by atoms with Crippen LogP contribution in [0.2, 0.25) is 0 Å². The highest BCUT2D eigenvalue weighted by atomic mass is 19.1. The SMILES string of the molecule is N#Cc1cccc2c1N[C@@H]([C@H](NCCc1cccc(CC(=O)O)c1)c1cccc(F)c1)CN2. The van der Waals surface area contributed by atoms with Crippen molar-refractivity contribution in [2.24, 2.45) is 0 Å². The molecule has 0 saturated heterocycles. The zero-order valence-corrected chi connectivity index (χ0v) is 18.0. The number of hydrogen-bond donors (Lipinski definition) is 4. The van der Waals surface area contributed by atoms with Gasteiger partial charge in [0.05, 0.1) is 35.4 Å². The quantitative estimate of drug-likeness (QED) is 0.418. The molecule has 7 heteroatoms. The number of carboxylic acids is 1. The molecule has 0 spiro atoms. The highest BCUT2D eigenvalue weighted by Crippen LogP contribution is 2.33. The van der Waals surface area contributed by atoms with E-state index in [-0.39, 0.29) is 24.3 Å². The number of nitrogens with zero attached hydrogens (tertiary/aromatic N) is 1. The number of fused-ring (bicyclic) bond motifs is 1. The van der Waals surface area contributed by atoms with Gasteiger partial charge >= 0.3 is 5.97 Å². The Morgan fingerprint density at radius 1 is 1.15 bits per heavy atom. The number of para-hydroxylation sites is 1. The topological polar surface area (TPSA) is 97.2 Å². The fourth-order valence-corrected chi connectivity index (χ4v) is 4.24. The normalized spacial score (nSPS) is 15.5. The standard InChI is InChI=1S/C26H25FN4O2/c27-21-8-2-6-19(14-21)25(23-16-30-22-9-3-7-20(15-28)26(22)31-23)29-11-10-17-4-1-5-18(12-17)13-24(32)33/h1-9,12,14,23,25,29-31H,10-11,13,16H2,(H,32,33)/t23-,25-/m1/s1. The van der Waals surface area contributed by atoms with Crippen molar-refractivity contribution in [3.8, 4) is 6.07 Å². The third kappa shape index (κ3) is 5.48. The first-order valence-electron chi connectivity index (χ1n) is 10.9. The van der Waals surface area contributed by atoms with Crippen LogP contribution in [0, 0.1) is 17.1 Å². The summed E-state index contributed by atoms with van der Waals surface area (Å²) in [5, 5.41) is 28.9. The lowest BCUT2D eigenvalue weighted by Gasteiger charge is -2.35. The maximum absolute atomic E-state index is 14.0. The second kappa shape index (κ2) is 10.2. The van der Waals surface area contributed by atoms with E-state index in [1.807, 2.05) is 42.5 Å². The van der Waals surface area contributed by atoms with Gasteiger partial charge in [-0.05, 0) is 53.9 Å². The minimum atomic E-state index is -0.857. The van der Waals surface area contributed by atoms with Gasteiger partial charge in [-0.3, -0.25) is 4.79 Å². The van der Waals surface area contributed by atoms with Gasteiger partial charge in [-0.1, -0.05) is 42.5 Å². The zero-order chi connectivity index (χ0) is 23.2. The molecule has 1 aliphatic rings. The van der Waals surface area contributed by atoms with Gasteiger partial charge in [0.2, 0.25) is 0 Å². The van der Waals surface area contributed by atoms with Gasteiger partial charge in [-0.25, -0.2) is 4.39 Å². The van der Waals surface area contributed by atoms with Gasteiger partial charge in [0, 0.05) is 6.54 Å². The average molecular weight is 445 g/mol. The van der Waals surface area contributed by atoms with E-state index in [9.17, 15) is 14.4 Å². The molecule has 0 amide bonds. The first-order valence-corrected chi connectivity index (χ1v) is 10.9. The second-order valence-electron chi connectivity index (χ2n) is 8.10. The predicted octanol–water partition coefficient (Wildman–Crippen LogP) is 4.10. The van der Waals surface area contributed by atoms with Crippen molar-refractivity contribution in [3.05, 3.63) is 94.8 Å². The Bertz CT molecular complexity index is 1190. The summed E-state index contributed by atoms with van der Waals surface area (Å²) in [6.45, 7) is 1.22. The highest BCUT2D eigenvalue weighted by Gasteiger charge is 2.28.